The van der Waals surface area contributed by atoms with Gasteiger partial charge >= 0.3 is 0 Å². The average molecular weight is 1150 g/mol. The van der Waals surface area contributed by atoms with Crippen LogP contribution in [0.3, 0.4) is 0 Å². The van der Waals surface area contributed by atoms with Crippen LogP contribution in [-0.4, -0.2) is 68.5 Å². The summed E-state index contributed by atoms with van der Waals surface area (Å²) < 4.78 is 23.4. The van der Waals surface area contributed by atoms with Crippen LogP contribution >= 0.6 is 7.82 Å². The fourth-order valence-electron chi connectivity index (χ4n) is 9.25. The number of nitrogens with zero attached hydrogens (tertiary/aromatic N) is 1. The summed E-state index contributed by atoms with van der Waals surface area (Å²) in [5.74, 6) is -0.212. The van der Waals surface area contributed by atoms with E-state index in [1.165, 1.54) is 167 Å². The number of aliphatic hydroxyl groups excluding tert-OH is 1. The van der Waals surface area contributed by atoms with Gasteiger partial charge in [0.15, 0.2) is 0 Å². The molecule has 81 heavy (non-hydrogen) atoms. The van der Waals surface area contributed by atoms with Crippen LogP contribution < -0.4 is 10.2 Å². The molecular weight excluding hydrogens is 1020 g/mol. The van der Waals surface area contributed by atoms with Gasteiger partial charge in [0.25, 0.3) is 7.82 Å². The summed E-state index contributed by atoms with van der Waals surface area (Å²) in [5, 5.41) is 13.9. The van der Waals surface area contributed by atoms with Crippen molar-refractivity contribution in [2.45, 2.75) is 289 Å². The Kier molecular flexibility index (Phi) is 59.1. The number of amides is 1. The summed E-state index contributed by atoms with van der Waals surface area (Å²) >= 11 is 0. The van der Waals surface area contributed by atoms with Crippen LogP contribution in [0.5, 0.6) is 0 Å². The zero-order valence-electron chi connectivity index (χ0n) is 53.2. The molecular formula is C72H127N2O6P. The number of phosphoric ester groups is 1. The smallest absolute Gasteiger partial charge is 0.268 e. The van der Waals surface area contributed by atoms with Crippen LogP contribution in [-0.2, 0) is 18.4 Å². The fourth-order valence-corrected chi connectivity index (χ4v) is 9.97. The Balaban J connectivity index is 4.15. The maximum absolute atomic E-state index is 13.0. The number of carbonyl (C=O) groups excluding carboxylic acids is 1. The second kappa shape index (κ2) is 61.5. The van der Waals surface area contributed by atoms with Gasteiger partial charge < -0.3 is 28.8 Å². The molecule has 0 fully saturated rings. The normalized spacial score (nSPS) is 14.5. The lowest BCUT2D eigenvalue weighted by molar-refractivity contribution is -0.870. The molecule has 0 rings (SSSR count). The number of hydrogen-bond acceptors (Lipinski definition) is 6. The van der Waals surface area contributed by atoms with Crippen LogP contribution in [0.15, 0.2) is 122 Å². The number of allylic oxidation sites excluding steroid dienone is 19. The third-order valence-corrected chi connectivity index (χ3v) is 15.4. The number of carbonyl (C=O) groups is 1. The molecule has 8 nitrogen and oxygen atoms in total. The number of hydrogen-bond donors (Lipinski definition) is 2. The molecule has 466 valence electrons. The molecule has 0 spiro atoms. The minimum atomic E-state index is -4.62. The van der Waals surface area contributed by atoms with Gasteiger partial charge in [-0.1, -0.05) is 296 Å². The molecule has 0 saturated carbocycles. The molecule has 0 aromatic carbocycles. The quantitative estimate of drug-likeness (QED) is 0.0272. The molecule has 0 saturated heterocycles. The molecule has 9 heteroatoms. The Morgan fingerprint density at radius 1 is 0.444 bits per heavy atom. The van der Waals surface area contributed by atoms with Gasteiger partial charge in [-0.25, -0.2) is 0 Å². The number of phosphoric acid groups is 1. The van der Waals surface area contributed by atoms with Crippen molar-refractivity contribution in [2.75, 3.05) is 40.9 Å². The molecule has 0 aliphatic rings. The number of likely N-dealkylation sites (N-methyl/N-ethyl adjacent to an activating group) is 1. The maximum Gasteiger partial charge on any atom is 0.268 e. The van der Waals surface area contributed by atoms with E-state index in [2.05, 4.69) is 129 Å². The summed E-state index contributed by atoms with van der Waals surface area (Å²) in [5.41, 5.74) is 0. The van der Waals surface area contributed by atoms with E-state index in [0.717, 1.165) is 89.9 Å². The maximum atomic E-state index is 13.0. The molecule has 3 atom stereocenters. The van der Waals surface area contributed by atoms with Gasteiger partial charge in [-0.2, -0.15) is 0 Å². The summed E-state index contributed by atoms with van der Waals surface area (Å²) in [6.07, 6.45) is 91.6. The van der Waals surface area contributed by atoms with Crippen LogP contribution in [0.4, 0.5) is 0 Å². The lowest BCUT2D eigenvalue weighted by atomic mass is 10.0. The highest BCUT2D eigenvalue weighted by atomic mass is 31.2. The highest BCUT2D eigenvalue weighted by Gasteiger charge is 2.23. The standard InChI is InChI=1S/C72H127N2O6P/c1-6-8-10-12-14-16-18-20-22-24-26-28-30-31-32-33-34-35-36-37-38-39-40-41-42-43-44-46-48-50-52-54-56-58-60-62-64-66-72(76)73-70(69-80-81(77,78)79-68-67-74(3,4)5)71(75)65-63-61-59-57-55-53-51-49-47-45-29-27-25-23-21-19-17-15-13-11-9-7-2/h8,10,14,16,20,22,26,28,31-32,34-35,37-38,40-41,55,57,63,65,70-71,75H,6-7,9,11-13,15,17-19,21,23-25,27,29-30,33,36,39,42-54,56,58-62,64,66-69H2,1-5H3,(H-,73,76,77,78)/b10-8-,16-14-,22-20-,28-26-,32-31-,35-34-,38-37-,41-40-,57-55+,65-63+. The Labute approximate surface area is 501 Å². The second-order valence-corrected chi connectivity index (χ2v) is 24.8. The molecule has 0 aromatic rings. The Morgan fingerprint density at radius 3 is 1.15 bits per heavy atom. The van der Waals surface area contributed by atoms with Gasteiger partial charge in [-0.15, -0.1) is 0 Å². The fraction of sp³-hybridized carbons (Fsp3) is 0.708. The third kappa shape index (κ3) is 64.3. The molecule has 0 aromatic heterocycles. The van der Waals surface area contributed by atoms with Gasteiger partial charge in [0.1, 0.15) is 13.2 Å². The molecule has 0 aliphatic carbocycles. The van der Waals surface area contributed by atoms with Gasteiger partial charge in [0, 0.05) is 6.42 Å². The van der Waals surface area contributed by atoms with Gasteiger partial charge in [-0.3, -0.25) is 9.36 Å². The first-order chi connectivity index (χ1) is 39.5. The molecule has 1 amide bonds. The number of quaternary nitrogens is 1. The van der Waals surface area contributed by atoms with Crippen molar-refractivity contribution < 1.29 is 32.9 Å². The minimum absolute atomic E-state index is 0.0113. The summed E-state index contributed by atoms with van der Waals surface area (Å²) in [4.78, 5) is 25.6. The Bertz CT molecular complexity index is 1730. The van der Waals surface area contributed by atoms with Gasteiger partial charge in [-0.05, 0) is 96.3 Å². The third-order valence-electron chi connectivity index (χ3n) is 14.4. The van der Waals surface area contributed by atoms with E-state index in [4.69, 9.17) is 9.05 Å². The first-order valence-electron chi connectivity index (χ1n) is 33.4. The first kappa shape index (κ1) is 77.9. The van der Waals surface area contributed by atoms with Crippen molar-refractivity contribution in [1.29, 1.82) is 0 Å². The van der Waals surface area contributed by atoms with Crippen molar-refractivity contribution in [1.82, 2.24) is 5.32 Å². The summed E-state index contributed by atoms with van der Waals surface area (Å²) in [7, 11) is 1.23. The van der Waals surface area contributed by atoms with Crippen LogP contribution in [0, 0.1) is 0 Å². The molecule has 0 heterocycles. The number of unbranched alkanes of at least 4 members (excludes halogenated alkanes) is 29. The minimum Gasteiger partial charge on any atom is -0.756 e. The topological polar surface area (TPSA) is 108 Å². The Morgan fingerprint density at radius 2 is 0.765 bits per heavy atom. The molecule has 0 bridgehead atoms. The highest BCUT2D eigenvalue weighted by Crippen LogP contribution is 2.38. The zero-order chi connectivity index (χ0) is 59.1. The van der Waals surface area contributed by atoms with Gasteiger partial charge in [0.05, 0.1) is 39.9 Å². The zero-order valence-corrected chi connectivity index (χ0v) is 54.1. The lowest BCUT2D eigenvalue weighted by Crippen LogP contribution is -2.45. The van der Waals surface area contributed by atoms with Crippen molar-refractivity contribution in [3.63, 3.8) is 0 Å². The molecule has 3 unspecified atom stereocenters. The van der Waals surface area contributed by atoms with E-state index in [-0.39, 0.29) is 12.5 Å². The summed E-state index contributed by atoms with van der Waals surface area (Å²) in [6.45, 7) is 4.53. The van der Waals surface area contributed by atoms with Crippen molar-refractivity contribution in [2.24, 2.45) is 0 Å². The molecule has 0 aliphatic heterocycles. The molecule has 0 radical (unpaired) electrons. The van der Waals surface area contributed by atoms with Crippen molar-refractivity contribution in [3.05, 3.63) is 122 Å². The van der Waals surface area contributed by atoms with E-state index >= 15 is 0 Å². The van der Waals surface area contributed by atoms with E-state index in [1.54, 1.807) is 6.08 Å². The van der Waals surface area contributed by atoms with Crippen LogP contribution in [0.2, 0.25) is 0 Å². The van der Waals surface area contributed by atoms with E-state index in [0.29, 0.717) is 17.4 Å². The lowest BCUT2D eigenvalue weighted by Gasteiger charge is -2.29. The SMILES string of the molecule is CC/C=C\C/C=C\C/C=C\C/C=C\C/C=C\C/C=C\C/C=C\C/C=C\CCCCCCCCCCCCCCC(=O)NC(COP(=O)([O-])OCC[N+](C)(C)C)C(O)/C=C/CC/C=C/CCCCCCCCCCCCCCCCCC. The van der Waals surface area contributed by atoms with Crippen molar-refractivity contribution in [3.8, 4) is 0 Å². The summed E-state index contributed by atoms with van der Waals surface area (Å²) in [6, 6.07) is -0.913. The van der Waals surface area contributed by atoms with Crippen molar-refractivity contribution >= 4 is 13.7 Å². The van der Waals surface area contributed by atoms with Gasteiger partial charge in [0.2, 0.25) is 5.91 Å². The predicted molar refractivity (Wildman–Crippen MR) is 352 cm³/mol. The average Bonchev–Trinajstić information content (AvgIpc) is 3.43. The van der Waals surface area contributed by atoms with E-state index < -0.39 is 26.6 Å². The number of nitrogens with one attached hydrogen (secondary N) is 1. The van der Waals surface area contributed by atoms with E-state index in [1.807, 2.05) is 27.2 Å². The second-order valence-electron chi connectivity index (χ2n) is 23.4. The number of rotatable bonds is 60. The van der Waals surface area contributed by atoms with Crippen LogP contribution in [0.1, 0.15) is 277 Å². The Hall–Kier alpha value is -3.10. The largest absolute Gasteiger partial charge is 0.756 e. The highest BCUT2D eigenvalue weighted by molar-refractivity contribution is 7.45. The number of aliphatic hydroxyl groups is 1. The molecule has 2 N–H and O–H groups in total. The monoisotopic (exact) mass is 1150 g/mol. The van der Waals surface area contributed by atoms with Crippen LogP contribution in [0.25, 0.3) is 0 Å². The predicted octanol–water partition coefficient (Wildman–Crippen LogP) is 20.6. The van der Waals surface area contributed by atoms with E-state index in [9.17, 15) is 19.4 Å². The first-order valence-corrected chi connectivity index (χ1v) is 34.9.